The molecule has 91 valence electrons. The average molecular weight is 339 g/mol. The molecule has 1 radical (unpaired) electrons. The molecule has 0 saturated carbocycles. The second kappa shape index (κ2) is 11.1. The second-order valence-electron chi connectivity index (χ2n) is 3.80. The van der Waals surface area contributed by atoms with Crippen molar-refractivity contribution in [2.45, 2.75) is 52.9 Å². The van der Waals surface area contributed by atoms with Gasteiger partial charge in [0, 0.05) is 5.92 Å². The monoisotopic (exact) mass is 337 g/mol. The fourth-order valence-electron chi connectivity index (χ4n) is 1.86. The van der Waals surface area contributed by atoms with Crippen molar-refractivity contribution in [3.05, 3.63) is 29.2 Å². The van der Waals surface area contributed by atoms with E-state index in [1.165, 1.54) is 32.1 Å². The fourth-order valence-corrected chi connectivity index (χ4v) is 1.86. The number of allylic oxidation sites excluding steroid dienone is 4. The zero-order valence-electron chi connectivity index (χ0n) is 10.4. The summed E-state index contributed by atoms with van der Waals surface area (Å²) in [4.78, 5) is 0. The number of halogens is 2. The third kappa shape index (κ3) is 6.62. The molecule has 0 amide bonds. The third-order valence-electron chi connectivity index (χ3n) is 2.71. The number of hydrogen-bond donors (Lipinski definition) is 0. The Balaban J connectivity index is 0.000000673. The van der Waals surface area contributed by atoms with Crippen molar-refractivity contribution in [1.29, 1.82) is 0 Å². The Kier molecular flexibility index (Phi) is 11.7. The molecule has 0 nitrogen and oxygen atoms in total. The first-order chi connectivity index (χ1) is 7.73. The van der Waals surface area contributed by atoms with Gasteiger partial charge in [0.15, 0.2) is 0 Å². The van der Waals surface area contributed by atoms with Crippen LogP contribution in [0.4, 0.5) is 0 Å². The van der Waals surface area contributed by atoms with Crippen molar-refractivity contribution in [3.8, 4) is 0 Å². The summed E-state index contributed by atoms with van der Waals surface area (Å²) in [5.74, 6) is 1.56. The Labute approximate surface area is 119 Å². The minimum atomic E-state index is -0.826. The summed E-state index contributed by atoms with van der Waals surface area (Å²) in [7, 11) is 9.87. The predicted octanol–water partition coefficient (Wildman–Crippen LogP) is 5.81. The molecule has 1 aliphatic rings. The summed E-state index contributed by atoms with van der Waals surface area (Å²) in [6, 6.07) is 0. The molecule has 1 aliphatic carbocycles. The van der Waals surface area contributed by atoms with E-state index in [2.05, 4.69) is 32.9 Å². The van der Waals surface area contributed by atoms with Gasteiger partial charge in [0.05, 0.1) is 0 Å². The number of hydrogen-bond acceptors (Lipinski definition) is 0. The fraction of sp³-hybridized carbons (Fsp3) is 0.615. The van der Waals surface area contributed by atoms with Crippen molar-refractivity contribution >= 4 is 17.0 Å². The maximum absolute atomic E-state index is 4.93. The molecule has 0 saturated heterocycles. The van der Waals surface area contributed by atoms with E-state index in [-0.39, 0.29) is 0 Å². The van der Waals surface area contributed by atoms with E-state index < -0.39 is 20.8 Å². The van der Waals surface area contributed by atoms with Gasteiger partial charge < -0.3 is 0 Å². The predicted molar refractivity (Wildman–Crippen MR) is 71.2 cm³/mol. The molecule has 0 aromatic rings. The quantitative estimate of drug-likeness (QED) is 0.592. The van der Waals surface area contributed by atoms with Crippen molar-refractivity contribution < 1.29 is 20.8 Å². The Morgan fingerprint density at radius 1 is 1.06 bits per heavy atom. The average Bonchev–Trinajstić information content (AvgIpc) is 2.69. The van der Waals surface area contributed by atoms with Crippen molar-refractivity contribution in [2.24, 2.45) is 0 Å². The summed E-state index contributed by atoms with van der Waals surface area (Å²) >= 11 is -0.826. The van der Waals surface area contributed by atoms with Gasteiger partial charge in [0.25, 0.3) is 0 Å². The molecule has 0 spiro atoms. The van der Waals surface area contributed by atoms with Crippen molar-refractivity contribution in [2.75, 3.05) is 0 Å². The molecule has 0 aliphatic heterocycles. The topological polar surface area (TPSA) is 0 Å². The summed E-state index contributed by atoms with van der Waals surface area (Å²) in [5.41, 5.74) is 3.11. The van der Waals surface area contributed by atoms with Crippen molar-refractivity contribution in [1.82, 2.24) is 0 Å². The Hall–Kier alpha value is 0.943. The molecule has 0 bridgehead atoms. The van der Waals surface area contributed by atoms with Crippen LogP contribution in [0.5, 0.6) is 0 Å². The van der Waals surface area contributed by atoms with E-state index in [9.17, 15) is 0 Å². The van der Waals surface area contributed by atoms with Gasteiger partial charge in [-0.3, -0.25) is 0 Å². The van der Waals surface area contributed by atoms with Crippen LogP contribution in [-0.4, -0.2) is 0 Å². The van der Waals surface area contributed by atoms with Crippen molar-refractivity contribution in [3.63, 3.8) is 0 Å². The van der Waals surface area contributed by atoms with Crippen LogP contribution in [-0.2, 0) is 20.8 Å². The minimum absolute atomic E-state index is 0.826. The normalized spacial score (nSPS) is 15.1. The van der Waals surface area contributed by atoms with E-state index in [0.29, 0.717) is 0 Å². The first-order valence-electron chi connectivity index (χ1n) is 5.96. The molecule has 0 fully saturated rings. The summed E-state index contributed by atoms with van der Waals surface area (Å²) in [6.45, 7) is 6.75. The second-order valence-corrected chi connectivity index (χ2v) is 7.53. The van der Waals surface area contributed by atoms with Gasteiger partial charge in [-0.1, -0.05) is 50.5 Å². The molecular formula is C13H21Cl2Zr. The SMILES string of the molecule is CCCCC1=C[C](CC)C(CC)=C1.[Cl][Zr][Cl]. The van der Waals surface area contributed by atoms with E-state index in [0.717, 1.165) is 0 Å². The van der Waals surface area contributed by atoms with Gasteiger partial charge in [0.2, 0.25) is 0 Å². The molecule has 0 aromatic heterocycles. The zero-order valence-corrected chi connectivity index (χ0v) is 14.4. The van der Waals surface area contributed by atoms with Crippen LogP contribution >= 0.6 is 17.0 Å². The first-order valence-corrected chi connectivity index (χ1v) is 12.3. The molecule has 0 atom stereocenters. The van der Waals surface area contributed by atoms with E-state index >= 15 is 0 Å². The number of rotatable bonds is 5. The van der Waals surface area contributed by atoms with Gasteiger partial charge in [-0.05, 0) is 25.7 Å². The van der Waals surface area contributed by atoms with Gasteiger partial charge >= 0.3 is 37.9 Å². The number of unbranched alkanes of at least 4 members (excludes halogenated alkanes) is 1. The third-order valence-corrected chi connectivity index (χ3v) is 2.71. The molecule has 0 aromatic carbocycles. The molecule has 0 heterocycles. The van der Waals surface area contributed by atoms with E-state index in [1.54, 1.807) is 17.1 Å². The van der Waals surface area contributed by atoms with Crippen LogP contribution in [0, 0.1) is 5.92 Å². The molecular weight excluding hydrogens is 318 g/mol. The molecule has 0 N–H and O–H groups in total. The van der Waals surface area contributed by atoms with Gasteiger partial charge in [-0.15, -0.1) is 0 Å². The Morgan fingerprint density at radius 2 is 1.69 bits per heavy atom. The molecule has 16 heavy (non-hydrogen) atoms. The molecule has 0 unspecified atom stereocenters. The molecule has 1 rings (SSSR count). The standard InChI is InChI=1S/C13H21.2ClH.Zr/c1-4-7-8-11-9-12(5-2)13(6-3)10-11;;;/h9-10H,4-8H2,1-3H3;2*1H;/q;;;+2/p-2. The van der Waals surface area contributed by atoms with Gasteiger partial charge in [-0.2, -0.15) is 0 Å². The summed E-state index contributed by atoms with van der Waals surface area (Å²) in [6.07, 6.45) is 11.1. The molecule has 3 heteroatoms. The zero-order chi connectivity index (χ0) is 12.4. The van der Waals surface area contributed by atoms with Crippen LogP contribution in [0.15, 0.2) is 23.3 Å². The first kappa shape index (κ1) is 16.9. The van der Waals surface area contributed by atoms with E-state index in [4.69, 9.17) is 17.0 Å². The Bertz CT molecular complexity index is 234. The van der Waals surface area contributed by atoms with Crippen LogP contribution < -0.4 is 0 Å². The summed E-state index contributed by atoms with van der Waals surface area (Å²) < 4.78 is 0. The van der Waals surface area contributed by atoms with Crippen LogP contribution in [0.25, 0.3) is 0 Å². The van der Waals surface area contributed by atoms with Crippen LogP contribution in [0.2, 0.25) is 0 Å². The summed E-state index contributed by atoms with van der Waals surface area (Å²) in [5, 5.41) is 0. The Morgan fingerprint density at radius 3 is 2.06 bits per heavy atom. The maximum atomic E-state index is 4.93. The van der Waals surface area contributed by atoms with Gasteiger partial charge in [-0.25, -0.2) is 0 Å². The van der Waals surface area contributed by atoms with Crippen LogP contribution in [0.1, 0.15) is 52.9 Å². The van der Waals surface area contributed by atoms with E-state index in [1.807, 2.05) is 0 Å². The van der Waals surface area contributed by atoms with Crippen LogP contribution in [0.3, 0.4) is 0 Å². The van der Waals surface area contributed by atoms with Gasteiger partial charge in [0.1, 0.15) is 0 Å².